The fourth-order valence-electron chi connectivity index (χ4n) is 1.20. The zero-order valence-electron chi connectivity index (χ0n) is 7.79. The first-order valence-electron chi connectivity index (χ1n) is 3.86. The molecule has 0 aromatic heterocycles. The Bertz CT molecular complexity index is 432. The lowest BCUT2D eigenvalue weighted by molar-refractivity contribution is 0.462. The quantitative estimate of drug-likeness (QED) is 0.644. The topological polar surface area (TPSA) is 57.2 Å². The van der Waals surface area contributed by atoms with Crippen molar-refractivity contribution in [2.75, 3.05) is 0 Å². The molecule has 72 valence electrons. The van der Waals surface area contributed by atoms with E-state index >= 15 is 0 Å². The minimum atomic E-state index is -4.32. The zero-order valence-corrected chi connectivity index (χ0v) is 8.60. The van der Waals surface area contributed by atoms with Gasteiger partial charge in [-0.3, -0.25) is 0 Å². The van der Waals surface area contributed by atoms with E-state index in [9.17, 15) is 13.0 Å². The number of hydrogen-bond acceptors (Lipinski definition) is 3. The van der Waals surface area contributed by atoms with Crippen LogP contribution in [0.2, 0.25) is 0 Å². The highest BCUT2D eigenvalue weighted by Crippen LogP contribution is 2.20. The fraction of sp³-hybridized carbons (Fsp3) is 0.333. The Kier molecular flexibility index (Phi) is 2.45. The van der Waals surface area contributed by atoms with E-state index in [4.69, 9.17) is 0 Å². The third kappa shape index (κ3) is 1.89. The summed E-state index contributed by atoms with van der Waals surface area (Å²) in [6.07, 6.45) is 0. The van der Waals surface area contributed by atoms with Crippen LogP contribution in [0.4, 0.5) is 0 Å². The zero-order chi connectivity index (χ0) is 10.2. The number of benzene rings is 1. The molecule has 4 heteroatoms. The van der Waals surface area contributed by atoms with Crippen LogP contribution >= 0.6 is 0 Å². The Hall–Kier alpha value is -0.870. The lowest BCUT2D eigenvalue weighted by Crippen LogP contribution is -2.03. The molecule has 0 bridgehead atoms. The minimum Gasteiger partial charge on any atom is -0.744 e. The van der Waals surface area contributed by atoms with Crippen molar-refractivity contribution in [1.82, 2.24) is 0 Å². The maximum Gasteiger partial charge on any atom is 0.124 e. The summed E-state index contributed by atoms with van der Waals surface area (Å²) in [6, 6.07) is 3.01. The first-order valence-corrected chi connectivity index (χ1v) is 5.27. The van der Waals surface area contributed by atoms with Crippen molar-refractivity contribution in [3.8, 4) is 0 Å². The Labute approximate surface area is 78.2 Å². The van der Waals surface area contributed by atoms with Crippen LogP contribution in [0.25, 0.3) is 0 Å². The van der Waals surface area contributed by atoms with Gasteiger partial charge in [0.2, 0.25) is 0 Å². The summed E-state index contributed by atoms with van der Waals surface area (Å²) < 4.78 is 32.3. The van der Waals surface area contributed by atoms with Crippen LogP contribution in [0, 0.1) is 20.8 Å². The van der Waals surface area contributed by atoms with Gasteiger partial charge >= 0.3 is 0 Å². The van der Waals surface area contributed by atoms with Crippen LogP contribution in [-0.2, 0) is 10.1 Å². The Morgan fingerprint density at radius 2 is 1.62 bits per heavy atom. The summed E-state index contributed by atoms with van der Waals surface area (Å²) in [4.78, 5) is -0.115. The molecule has 1 aromatic rings. The molecular formula is C9H11O3S-. The first-order chi connectivity index (χ1) is 5.84. The van der Waals surface area contributed by atoms with Gasteiger partial charge in [-0.2, -0.15) is 0 Å². The average molecular weight is 199 g/mol. The van der Waals surface area contributed by atoms with Crippen molar-refractivity contribution in [2.24, 2.45) is 0 Å². The first kappa shape index (κ1) is 10.2. The van der Waals surface area contributed by atoms with E-state index in [0.717, 1.165) is 11.1 Å². The maximum atomic E-state index is 10.8. The van der Waals surface area contributed by atoms with Gasteiger partial charge in [-0.05, 0) is 43.5 Å². The highest BCUT2D eigenvalue weighted by atomic mass is 32.2. The van der Waals surface area contributed by atoms with Crippen LogP contribution in [-0.4, -0.2) is 13.0 Å². The van der Waals surface area contributed by atoms with E-state index in [1.807, 2.05) is 6.92 Å². The molecule has 0 aliphatic heterocycles. The molecule has 1 rings (SSSR count). The molecule has 1 aromatic carbocycles. The largest absolute Gasteiger partial charge is 0.744 e. The van der Waals surface area contributed by atoms with E-state index in [0.29, 0.717) is 5.56 Å². The van der Waals surface area contributed by atoms with Gasteiger partial charge in [0.15, 0.2) is 0 Å². The Morgan fingerprint density at radius 1 is 1.08 bits per heavy atom. The smallest absolute Gasteiger partial charge is 0.124 e. The van der Waals surface area contributed by atoms with E-state index in [1.54, 1.807) is 19.9 Å². The summed E-state index contributed by atoms with van der Waals surface area (Å²) in [7, 11) is -4.32. The average Bonchev–Trinajstić information content (AvgIpc) is 1.98. The summed E-state index contributed by atoms with van der Waals surface area (Å²) in [5.41, 5.74) is 2.40. The van der Waals surface area contributed by atoms with Crippen molar-refractivity contribution in [2.45, 2.75) is 25.7 Å². The van der Waals surface area contributed by atoms with Gasteiger partial charge in [-0.15, -0.1) is 0 Å². The van der Waals surface area contributed by atoms with Crippen molar-refractivity contribution in [1.29, 1.82) is 0 Å². The molecule has 0 spiro atoms. The second kappa shape index (κ2) is 3.12. The van der Waals surface area contributed by atoms with Crippen LogP contribution in [0.15, 0.2) is 17.0 Å². The Morgan fingerprint density at radius 3 is 2.08 bits per heavy atom. The lowest BCUT2D eigenvalue weighted by atomic mass is 10.1. The van der Waals surface area contributed by atoms with Gasteiger partial charge in [0.1, 0.15) is 10.1 Å². The maximum absolute atomic E-state index is 10.8. The lowest BCUT2D eigenvalue weighted by Gasteiger charge is -2.13. The van der Waals surface area contributed by atoms with Gasteiger partial charge in [0, 0.05) is 0 Å². The standard InChI is InChI=1S/C9H12O3S/c1-6-4-5-9(13(10,11)12)8(3)7(6)2/h4-5H,1-3H3,(H,10,11,12)/p-1. The normalized spacial score (nSPS) is 11.7. The van der Waals surface area contributed by atoms with Gasteiger partial charge in [-0.25, -0.2) is 8.42 Å². The molecular weight excluding hydrogens is 188 g/mol. The van der Waals surface area contributed by atoms with E-state index < -0.39 is 10.1 Å². The molecule has 0 aliphatic rings. The second-order valence-electron chi connectivity index (χ2n) is 3.08. The number of hydrogen-bond donors (Lipinski definition) is 0. The molecule has 0 amide bonds. The monoisotopic (exact) mass is 199 g/mol. The summed E-state index contributed by atoms with van der Waals surface area (Å²) >= 11 is 0. The van der Waals surface area contributed by atoms with Crippen molar-refractivity contribution >= 4 is 10.1 Å². The molecule has 3 nitrogen and oxygen atoms in total. The molecule has 0 fully saturated rings. The summed E-state index contributed by atoms with van der Waals surface area (Å²) in [6.45, 7) is 5.33. The third-order valence-electron chi connectivity index (χ3n) is 2.28. The highest BCUT2D eigenvalue weighted by molar-refractivity contribution is 7.85. The van der Waals surface area contributed by atoms with Crippen molar-refractivity contribution < 1.29 is 13.0 Å². The van der Waals surface area contributed by atoms with Gasteiger partial charge < -0.3 is 4.55 Å². The van der Waals surface area contributed by atoms with E-state index in [-0.39, 0.29) is 4.90 Å². The van der Waals surface area contributed by atoms with E-state index in [2.05, 4.69) is 0 Å². The second-order valence-corrected chi connectivity index (χ2v) is 4.43. The predicted molar refractivity (Wildman–Crippen MR) is 48.6 cm³/mol. The molecule has 13 heavy (non-hydrogen) atoms. The summed E-state index contributed by atoms with van der Waals surface area (Å²) in [5.74, 6) is 0. The molecule has 0 atom stereocenters. The SMILES string of the molecule is Cc1ccc(S(=O)(=O)[O-])c(C)c1C. The minimum absolute atomic E-state index is 0.115. The molecule has 0 saturated heterocycles. The Balaban J connectivity index is 3.53. The third-order valence-corrected chi connectivity index (χ3v) is 3.26. The molecule has 0 heterocycles. The number of rotatable bonds is 1. The molecule has 0 saturated carbocycles. The predicted octanol–water partition coefficient (Wildman–Crippen LogP) is 1.52. The molecule has 0 aliphatic carbocycles. The van der Waals surface area contributed by atoms with Crippen molar-refractivity contribution in [3.05, 3.63) is 28.8 Å². The van der Waals surface area contributed by atoms with Gasteiger partial charge in [0.25, 0.3) is 0 Å². The van der Waals surface area contributed by atoms with Crippen LogP contribution in [0.1, 0.15) is 16.7 Å². The molecule has 0 radical (unpaired) electrons. The van der Waals surface area contributed by atoms with E-state index in [1.165, 1.54) is 6.07 Å². The van der Waals surface area contributed by atoms with Crippen molar-refractivity contribution in [3.63, 3.8) is 0 Å². The number of aryl methyl sites for hydroxylation is 1. The van der Waals surface area contributed by atoms with Crippen LogP contribution < -0.4 is 0 Å². The van der Waals surface area contributed by atoms with Gasteiger partial charge in [0.05, 0.1) is 4.90 Å². The summed E-state index contributed by atoms with van der Waals surface area (Å²) in [5, 5.41) is 0. The van der Waals surface area contributed by atoms with Crippen LogP contribution in [0.3, 0.4) is 0 Å². The van der Waals surface area contributed by atoms with Gasteiger partial charge in [-0.1, -0.05) is 6.07 Å². The fourth-order valence-corrected chi connectivity index (χ4v) is 1.96. The molecule has 0 N–H and O–H groups in total. The van der Waals surface area contributed by atoms with Crippen LogP contribution in [0.5, 0.6) is 0 Å². The highest BCUT2D eigenvalue weighted by Gasteiger charge is 2.08. The molecule has 0 unspecified atom stereocenters.